The van der Waals surface area contributed by atoms with Gasteiger partial charge in [0.25, 0.3) is 5.56 Å². The third kappa shape index (κ3) is 4.44. The van der Waals surface area contributed by atoms with Gasteiger partial charge in [-0.3, -0.25) is 14.3 Å². The van der Waals surface area contributed by atoms with Crippen molar-refractivity contribution < 1.29 is 14.2 Å². The molecule has 0 saturated carbocycles. The van der Waals surface area contributed by atoms with E-state index < -0.39 is 17.5 Å². The lowest BCUT2D eigenvalue weighted by Crippen LogP contribution is -2.46. The number of ether oxygens (including phenoxy) is 3. The normalized spacial score (nSPS) is 26.0. The van der Waals surface area contributed by atoms with Crippen LogP contribution in [-0.4, -0.2) is 38.9 Å². The molecule has 0 spiro atoms. The summed E-state index contributed by atoms with van der Waals surface area (Å²) < 4.78 is 20.5. The number of aromatic nitrogens is 2. The molecular formula is C25H26N2O5S. The summed E-state index contributed by atoms with van der Waals surface area (Å²) in [4.78, 5) is 26.8. The van der Waals surface area contributed by atoms with Crippen LogP contribution in [-0.2, 0) is 27.4 Å². The molecule has 2 aliphatic heterocycles. The van der Waals surface area contributed by atoms with Crippen molar-refractivity contribution in [2.24, 2.45) is 0 Å². The standard InChI is InChI=1S/C25H26N2O5S/c1-17-12-27(24(29)26-22(17)28)23-20-21(31-14-19-10-6-3-7-11-19)25(32-23,16-33-20)15-30-13-18-8-4-2-5-9-18/h2-12,20-21,23H,13-16H2,1H3,(H,26,28,29)/t20-,21+,23?,25+/m1/s1. The molecule has 3 aromatic rings. The Morgan fingerprint density at radius 3 is 2.42 bits per heavy atom. The minimum Gasteiger partial charge on any atom is -0.374 e. The summed E-state index contributed by atoms with van der Waals surface area (Å²) in [5.41, 5.74) is 1.06. The lowest BCUT2D eigenvalue weighted by molar-refractivity contribution is -0.143. The van der Waals surface area contributed by atoms with Crippen LogP contribution in [0.25, 0.3) is 0 Å². The quantitative estimate of drug-likeness (QED) is 0.550. The van der Waals surface area contributed by atoms with Crippen molar-refractivity contribution in [3.05, 3.63) is 104 Å². The largest absolute Gasteiger partial charge is 0.374 e. The van der Waals surface area contributed by atoms with Crippen molar-refractivity contribution in [3.8, 4) is 0 Å². The van der Waals surface area contributed by atoms with E-state index in [1.165, 1.54) is 4.57 Å². The molecular weight excluding hydrogens is 440 g/mol. The molecule has 0 radical (unpaired) electrons. The van der Waals surface area contributed by atoms with Crippen LogP contribution in [0.1, 0.15) is 22.9 Å². The van der Waals surface area contributed by atoms with Crippen molar-refractivity contribution in [1.82, 2.24) is 9.55 Å². The molecule has 4 atom stereocenters. The van der Waals surface area contributed by atoms with Crippen molar-refractivity contribution >= 4 is 11.8 Å². The second kappa shape index (κ2) is 9.30. The molecule has 1 aromatic heterocycles. The number of thioether (sulfide) groups is 1. The van der Waals surface area contributed by atoms with Gasteiger partial charge in [0, 0.05) is 17.5 Å². The second-order valence-corrected chi connectivity index (χ2v) is 9.69. The Morgan fingerprint density at radius 2 is 1.73 bits per heavy atom. The maximum atomic E-state index is 12.6. The van der Waals surface area contributed by atoms with Crippen molar-refractivity contribution in [1.29, 1.82) is 0 Å². The third-order valence-electron chi connectivity index (χ3n) is 6.12. The van der Waals surface area contributed by atoms with Gasteiger partial charge in [0.1, 0.15) is 11.7 Å². The van der Waals surface area contributed by atoms with Gasteiger partial charge in [-0.1, -0.05) is 60.7 Å². The topological polar surface area (TPSA) is 82.6 Å². The number of hydrogen-bond acceptors (Lipinski definition) is 6. The van der Waals surface area contributed by atoms with E-state index >= 15 is 0 Å². The average molecular weight is 467 g/mol. The van der Waals surface area contributed by atoms with Gasteiger partial charge in [0.15, 0.2) is 6.23 Å². The number of aromatic amines is 1. The molecule has 33 heavy (non-hydrogen) atoms. The van der Waals surface area contributed by atoms with E-state index in [9.17, 15) is 9.59 Å². The minimum absolute atomic E-state index is 0.1000. The Labute approximate surface area is 195 Å². The van der Waals surface area contributed by atoms with E-state index in [4.69, 9.17) is 14.2 Å². The number of aryl methyl sites for hydroxylation is 1. The zero-order valence-electron chi connectivity index (χ0n) is 18.3. The monoisotopic (exact) mass is 466 g/mol. The Balaban J connectivity index is 1.39. The summed E-state index contributed by atoms with van der Waals surface area (Å²) in [5.74, 6) is 0.708. The number of nitrogens with zero attached hydrogens (tertiary/aromatic N) is 1. The fraction of sp³-hybridized carbons (Fsp3) is 0.360. The zero-order valence-corrected chi connectivity index (χ0v) is 19.1. The van der Waals surface area contributed by atoms with Gasteiger partial charge >= 0.3 is 5.69 Å². The number of hydrogen-bond donors (Lipinski definition) is 1. The predicted octanol–water partition coefficient (Wildman–Crippen LogP) is 3.03. The van der Waals surface area contributed by atoms with Crippen LogP contribution in [0.3, 0.4) is 0 Å². The number of nitrogens with one attached hydrogen (secondary N) is 1. The minimum atomic E-state index is -0.687. The van der Waals surface area contributed by atoms with Crippen molar-refractivity contribution in [2.75, 3.05) is 12.4 Å². The molecule has 2 saturated heterocycles. The molecule has 0 amide bonds. The highest BCUT2D eigenvalue weighted by Crippen LogP contribution is 2.53. The van der Waals surface area contributed by atoms with Crippen molar-refractivity contribution in [3.63, 3.8) is 0 Å². The first-order valence-corrected chi connectivity index (χ1v) is 12.0. The van der Waals surface area contributed by atoms with Gasteiger partial charge < -0.3 is 14.2 Å². The molecule has 2 fully saturated rings. The molecule has 172 valence electrons. The molecule has 7 nitrogen and oxygen atoms in total. The maximum Gasteiger partial charge on any atom is 0.330 e. The molecule has 3 heterocycles. The highest BCUT2D eigenvalue weighted by Gasteiger charge is 2.62. The highest BCUT2D eigenvalue weighted by atomic mass is 32.2. The van der Waals surface area contributed by atoms with Crippen LogP contribution < -0.4 is 11.2 Å². The Bertz CT molecular complexity index is 1210. The number of rotatable bonds is 8. The van der Waals surface area contributed by atoms with Crippen molar-refractivity contribution in [2.45, 2.75) is 43.3 Å². The lowest BCUT2D eigenvalue weighted by Gasteiger charge is -2.32. The van der Waals surface area contributed by atoms with Gasteiger partial charge in [-0.15, -0.1) is 11.8 Å². The van der Waals surface area contributed by atoms with Gasteiger partial charge in [-0.25, -0.2) is 4.79 Å². The third-order valence-corrected chi connectivity index (χ3v) is 7.64. The Morgan fingerprint density at radius 1 is 1.06 bits per heavy atom. The highest BCUT2D eigenvalue weighted by molar-refractivity contribution is 8.00. The lowest BCUT2D eigenvalue weighted by atomic mass is 10.00. The van der Waals surface area contributed by atoms with E-state index in [0.29, 0.717) is 31.1 Å². The SMILES string of the molecule is Cc1cn(C2O[C@@]3(COCc4ccccc4)CS[C@@H]2[C@@H]3OCc2ccccc2)c(=O)[nH]c1=O. The first-order chi connectivity index (χ1) is 16.1. The fourth-order valence-corrected chi connectivity index (χ4v) is 6.06. The van der Waals surface area contributed by atoms with Crippen LogP contribution in [0.2, 0.25) is 0 Å². The van der Waals surface area contributed by atoms with E-state index in [2.05, 4.69) is 4.98 Å². The first kappa shape index (κ1) is 22.2. The molecule has 1 unspecified atom stereocenters. The first-order valence-electron chi connectivity index (χ1n) is 10.9. The van der Waals surface area contributed by atoms with Crippen LogP contribution in [0, 0.1) is 6.92 Å². The number of H-pyrrole nitrogens is 1. The molecule has 0 aliphatic carbocycles. The summed E-state index contributed by atoms with van der Waals surface area (Å²) >= 11 is 1.72. The molecule has 2 aromatic carbocycles. The molecule has 8 heteroatoms. The van der Waals surface area contributed by atoms with E-state index in [1.54, 1.807) is 24.9 Å². The summed E-state index contributed by atoms with van der Waals surface area (Å²) in [6.45, 7) is 2.93. The van der Waals surface area contributed by atoms with Gasteiger partial charge in [-0.05, 0) is 18.1 Å². The smallest absolute Gasteiger partial charge is 0.330 e. The summed E-state index contributed by atoms with van der Waals surface area (Å²) in [5, 5.41) is -0.1000. The van der Waals surface area contributed by atoms with Crippen LogP contribution in [0.5, 0.6) is 0 Å². The van der Waals surface area contributed by atoms with E-state index in [0.717, 1.165) is 11.1 Å². The molecule has 2 aliphatic rings. The summed E-state index contributed by atoms with van der Waals surface area (Å²) in [7, 11) is 0. The van der Waals surface area contributed by atoms with Crippen LogP contribution in [0.15, 0.2) is 76.4 Å². The van der Waals surface area contributed by atoms with Gasteiger partial charge in [0.05, 0.1) is 25.1 Å². The van der Waals surface area contributed by atoms with E-state index in [-0.39, 0.29) is 16.9 Å². The van der Waals surface area contributed by atoms with Crippen LogP contribution in [0.4, 0.5) is 0 Å². The summed E-state index contributed by atoms with van der Waals surface area (Å²) in [6, 6.07) is 20.0. The Hall–Kier alpha value is -2.65. The number of benzene rings is 2. The van der Waals surface area contributed by atoms with Crippen LogP contribution >= 0.6 is 11.8 Å². The predicted molar refractivity (Wildman–Crippen MR) is 126 cm³/mol. The fourth-order valence-electron chi connectivity index (χ4n) is 4.42. The van der Waals surface area contributed by atoms with Gasteiger partial charge in [0.2, 0.25) is 0 Å². The zero-order chi connectivity index (χ0) is 22.8. The number of fused-ring (bicyclic) bond motifs is 2. The maximum absolute atomic E-state index is 12.6. The van der Waals surface area contributed by atoms with Gasteiger partial charge in [-0.2, -0.15) is 0 Å². The average Bonchev–Trinajstić information content (AvgIpc) is 3.33. The summed E-state index contributed by atoms with van der Waals surface area (Å²) in [6.07, 6.45) is 0.760. The Kier molecular flexibility index (Phi) is 6.25. The molecule has 2 bridgehead atoms. The molecule has 1 N–H and O–H groups in total. The van der Waals surface area contributed by atoms with E-state index in [1.807, 2.05) is 60.7 Å². The molecule has 5 rings (SSSR count). The second-order valence-electron chi connectivity index (χ2n) is 8.52.